The third-order valence-electron chi connectivity index (χ3n) is 4.22. The molecule has 2 aromatic heterocycles. The second-order valence-electron chi connectivity index (χ2n) is 6.11. The van der Waals surface area contributed by atoms with Crippen LogP contribution in [0.2, 0.25) is 0 Å². The Morgan fingerprint density at radius 2 is 2.00 bits per heavy atom. The maximum atomic E-state index is 12.5. The van der Waals surface area contributed by atoms with Crippen LogP contribution in [0.4, 0.5) is 0 Å². The van der Waals surface area contributed by atoms with Crippen molar-refractivity contribution in [2.24, 2.45) is 0 Å². The fourth-order valence-electron chi connectivity index (χ4n) is 2.82. The SMILES string of the molecule is COC(=O)c1sc2nc(C)[nH]c(=O)c2c1CC(=O)NCc1ccccc1C. The quantitative estimate of drug-likeness (QED) is 0.656. The number of hydrogen-bond acceptors (Lipinski definition) is 6. The Morgan fingerprint density at radius 3 is 2.70 bits per heavy atom. The Balaban J connectivity index is 1.91. The summed E-state index contributed by atoms with van der Waals surface area (Å²) in [7, 11) is 1.26. The number of hydrogen-bond donors (Lipinski definition) is 2. The molecule has 1 aromatic carbocycles. The molecule has 0 bridgehead atoms. The number of methoxy groups -OCH3 is 1. The van der Waals surface area contributed by atoms with E-state index in [2.05, 4.69) is 15.3 Å². The zero-order valence-electron chi connectivity index (χ0n) is 15.2. The maximum absolute atomic E-state index is 12.5. The van der Waals surface area contributed by atoms with Gasteiger partial charge in [0.2, 0.25) is 5.91 Å². The summed E-state index contributed by atoms with van der Waals surface area (Å²) in [4.78, 5) is 44.5. The van der Waals surface area contributed by atoms with E-state index in [-0.39, 0.29) is 28.2 Å². The summed E-state index contributed by atoms with van der Waals surface area (Å²) >= 11 is 1.06. The number of benzene rings is 1. The molecule has 1 amide bonds. The number of carbonyl (C=O) groups is 2. The molecule has 0 radical (unpaired) electrons. The van der Waals surface area contributed by atoms with E-state index < -0.39 is 5.97 Å². The van der Waals surface area contributed by atoms with Gasteiger partial charge in [-0.3, -0.25) is 9.59 Å². The largest absolute Gasteiger partial charge is 0.465 e. The molecular weight excluding hydrogens is 366 g/mol. The second-order valence-corrected chi connectivity index (χ2v) is 7.11. The van der Waals surface area contributed by atoms with E-state index in [1.807, 2.05) is 31.2 Å². The van der Waals surface area contributed by atoms with E-state index in [9.17, 15) is 14.4 Å². The van der Waals surface area contributed by atoms with Gasteiger partial charge >= 0.3 is 5.97 Å². The first-order valence-electron chi connectivity index (χ1n) is 8.32. The highest BCUT2D eigenvalue weighted by Crippen LogP contribution is 2.29. The smallest absolute Gasteiger partial charge is 0.348 e. The Bertz CT molecular complexity index is 1080. The summed E-state index contributed by atoms with van der Waals surface area (Å²) in [6.07, 6.45) is -0.107. The van der Waals surface area contributed by atoms with E-state index in [1.165, 1.54) is 7.11 Å². The van der Waals surface area contributed by atoms with Crippen LogP contribution in [-0.2, 0) is 22.5 Å². The summed E-state index contributed by atoms with van der Waals surface area (Å²) in [5, 5.41) is 3.10. The fraction of sp³-hybridized carbons (Fsp3) is 0.263. The van der Waals surface area contributed by atoms with Gasteiger partial charge in [-0.1, -0.05) is 24.3 Å². The van der Waals surface area contributed by atoms with Crippen molar-refractivity contribution < 1.29 is 14.3 Å². The monoisotopic (exact) mass is 385 g/mol. The normalized spacial score (nSPS) is 10.8. The highest BCUT2D eigenvalue weighted by molar-refractivity contribution is 7.20. The molecule has 2 N–H and O–H groups in total. The van der Waals surface area contributed by atoms with Gasteiger partial charge in [0.25, 0.3) is 5.56 Å². The van der Waals surface area contributed by atoms with Crippen molar-refractivity contribution in [1.29, 1.82) is 0 Å². The van der Waals surface area contributed by atoms with E-state index in [4.69, 9.17) is 4.74 Å². The van der Waals surface area contributed by atoms with Crippen LogP contribution >= 0.6 is 11.3 Å². The van der Waals surface area contributed by atoms with Crippen LogP contribution in [0.3, 0.4) is 0 Å². The molecule has 0 saturated carbocycles. The topological polar surface area (TPSA) is 101 Å². The summed E-state index contributed by atoms with van der Waals surface area (Å²) in [5.74, 6) is -0.430. The number of thiophene rings is 1. The van der Waals surface area contributed by atoms with Crippen molar-refractivity contribution >= 4 is 33.4 Å². The van der Waals surface area contributed by atoms with Crippen molar-refractivity contribution in [1.82, 2.24) is 15.3 Å². The first kappa shape index (κ1) is 18.8. The van der Waals surface area contributed by atoms with Gasteiger partial charge in [0, 0.05) is 12.1 Å². The van der Waals surface area contributed by atoms with Crippen LogP contribution in [0.25, 0.3) is 10.2 Å². The van der Waals surface area contributed by atoms with Crippen molar-refractivity contribution in [3.8, 4) is 0 Å². The molecule has 27 heavy (non-hydrogen) atoms. The third kappa shape index (κ3) is 3.90. The molecule has 3 rings (SSSR count). The first-order chi connectivity index (χ1) is 12.9. The highest BCUT2D eigenvalue weighted by Gasteiger charge is 2.24. The average Bonchev–Trinajstić information content (AvgIpc) is 2.98. The molecule has 0 spiro atoms. The molecule has 0 atom stereocenters. The van der Waals surface area contributed by atoms with Crippen molar-refractivity contribution in [3.05, 3.63) is 62.0 Å². The number of nitrogens with one attached hydrogen (secondary N) is 2. The van der Waals surface area contributed by atoms with Gasteiger partial charge in [-0.25, -0.2) is 9.78 Å². The number of fused-ring (bicyclic) bond motifs is 1. The van der Waals surface area contributed by atoms with Gasteiger partial charge in [0.05, 0.1) is 18.9 Å². The van der Waals surface area contributed by atoms with Crippen molar-refractivity contribution in [2.45, 2.75) is 26.8 Å². The lowest BCUT2D eigenvalue weighted by Crippen LogP contribution is -2.26. The minimum absolute atomic E-state index is 0.107. The van der Waals surface area contributed by atoms with Crippen molar-refractivity contribution in [3.63, 3.8) is 0 Å². The molecule has 2 heterocycles. The maximum Gasteiger partial charge on any atom is 0.348 e. The van der Waals surface area contributed by atoms with E-state index in [1.54, 1.807) is 6.92 Å². The summed E-state index contributed by atoms with van der Waals surface area (Å²) in [6.45, 7) is 4.00. The van der Waals surface area contributed by atoms with Crippen LogP contribution in [-0.4, -0.2) is 29.0 Å². The van der Waals surface area contributed by atoms with Crippen molar-refractivity contribution in [2.75, 3.05) is 7.11 Å². The molecule has 0 fully saturated rings. The lowest BCUT2D eigenvalue weighted by atomic mass is 10.1. The van der Waals surface area contributed by atoms with Gasteiger partial charge in [-0.2, -0.15) is 0 Å². The Hall–Kier alpha value is -3.00. The van der Waals surface area contributed by atoms with Gasteiger partial charge < -0.3 is 15.0 Å². The number of aryl methyl sites for hydroxylation is 2. The lowest BCUT2D eigenvalue weighted by molar-refractivity contribution is -0.120. The first-order valence-corrected chi connectivity index (χ1v) is 9.14. The Kier molecular flexibility index (Phi) is 5.36. The summed E-state index contributed by atoms with van der Waals surface area (Å²) in [5.41, 5.74) is 2.05. The lowest BCUT2D eigenvalue weighted by Gasteiger charge is -2.08. The minimum Gasteiger partial charge on any atom is -0.465 e. The average molecular weight is 385 g/mol. The molecule has 140 valence electrons. The molecule has 3 aromatic rings. The number of H-pyrrole nitrogens is 1. The predicted molar refractivity (Wildman–Crippen MR) is 103 cm³/mol. The Labute approximate surface area is 159 Å². The molecular formula is C19H19N3O4S. The van der Waals surface area contributed by atoms with Gasteiger partial charge in [0.15, 0.2) is 0 Å². The number of aromatic amines is 1. The van der Waals surface area contributed by atoms with Crippen LogP contribution < -0.4 is 10.9 Å². The number of rotatable bonds is 5. The zero-order valence-corrected chi connectivity index (χ0v) is 16.0. The second kappa shape index (κ2) is 7.71. The van der Waals surface area contributed by atoms with Crippen LogP contribution in [0.5, 0.6) is 0 Å². The number of esters is 1. The summed E-state index contributed by atoms with van der Waals surface area (Å²) in [6, 6.07) is 7.75. The van der Waals surface area contributed by atoms with Gasteiger partial charge in [0.1, 0.15) is 15.5 Å². The molecule has 0 unspecified atom stereocenters. The molecule has 8 heteroatoms. The number of amides is 1. The minimum atomic E-state index is -0.586. The Morgan fingerprint density at radius 1 is 1.26 bits per heavy atom. The molecule has 7 nitrogen and oxygen atoms in total. The molecule has 0 aliphatic heterocycles. The summed E-state index contributed by atoms with van der Waals surface area (Å²) < 4.78 is 4.80. The zero-order chi connectivity index (χ0) is 19.6. The predicted octanol–water partition coefficient (Wildman–Crippen LogP) is 2.25. The van der Waals surface area contributed by atoms with E-state index in [0.29, 0.717) is 22.8 Å². The van der Waals surface area contributed by atoms with Crippen LogP contribution in [0.1, 0.15) is 32.2 Å². The number of ether oxygens (including phenoxy) is 1. The van der Waals surface area contributed by atoms with Gasteiger partial charge in [-0.05, 0) is 25.0 Å². The number of aromatic nitrogens is 2. The van der Waals surface area contributed by atoms with Gasteiger partial charge in [-0.15, -0.1) is 11.3 Å². The molecule has 0 saturated heterocycles. The molecule has 0 aliphatic rings. The molecule has 0 aliphatic carbocycles. The third-order valence-corrected chi connectivity index (χ3v) is 5.33. The van der Waals surface area contributed by atoms with Crippen LogP contribution in [0, 0.1) is 13.8 Å². The number of carbonyl (C=O) groups excluding carboxylic acids is 2. The van der Waals surface area contributed by atoms with E-state index in [0.717, 1.165) is 22.5 Å². The number of nitrogens with zero attached hydrogens (tertiary/aromatic N) is 1. The van der Waals surface area contributed by atoms with E-state index >= 15 is 0 Å². The fourth-order valence-corrected chi connectivity index (χ4v) is 3.98. The standard InChI is InChI=1S/C19H19N3O4S/c1-10-6-4-5-7-12(10)9-20-14(23)8-13-15-17(24)21-11(2)22-18(15)27-16(13)19(25)26-3/h4-7H,8-9H2,1-3H3,(H,20,23)(H,21,22,24). The van der Waals surface area contributed by atoms with Crippen LogP contribution in [0.15, 0.2) is 29.1 Å². The highest BCUT2D eigenvalue weighted by atomic mass is 32.1.